The molecule has 1 aromatic heterocycles. The van der Waals surface area contributed by atoms with Crippen LogP contribution in [0.5, 0.6) is 0 Å². The van der Waals surface area contributed by atoms with Gasteiger partial charge in [0.25, 0.3) is 5.91 Å². The fraction of sp³-hybridized carbons (Fsp3) is 0.143. The number of nitrogens with one attached hydrogen (secondary N) is 2. The quantitative estimate of drug-likeness (QED) is 0.783. The van der Waals surface area contributed by atoms with E-state index in [9.17, 15) is 9.59 Å². The number of amides is 2. The highest BCUT2D eigenvalue weighted by molar-refractivity contribution is 9.10. The Morgan fingerprint density at radius 3 is 2.38 bits per heavy atom. The molecule has 7 heteroatoms. The zero-order chi connectivity index (χ0) is 15.6. The minimum Gasteiger partial charge on any atom is -0.444 e. The Kier molecular flexibility index (Phi) is 4.84. The van der Waals surface area contributed by atoms with Crippen molar-refractivity contribution in [3.63, 3.8) is 0 Å². The lowest BCUT2D eigenvalue weighted by atomic mass is 10.2. The first-order valence-corrected chi connectivity index (χ1v) is 7.60. The van der Waals surface area contributed by atoms with Crippen molar-refractivity contribution in [3.8, 4) is 0 Å². The molecule has 2 amide bonds. The smallest absolute Gasteiger partial charge is 0.291 e. The van der Waals surface area contributed by atoms with Crippen LogP contribution >= 0.6 is 31.9 Å². The average molecular weight is 416 g/mol. The molecule has 0 bridgehead atoms. The number of halogens is 2. The second kappa shape index (κ2) is 6.44. The second-order valence-corrected chi connectivity index (χ2v) is 6.09. The molecular weight excluding hydrogens is 404 g/mol. The maximum Gasteiger partial charge on any atom is 0.291 e. The van der Waals surface area contributed by atoms with E-state index >= 15 is 0 Å². The first kappa shape index (κ1) is 15.8. The largest absolute Gasteiger partial charge is 0.444 e. The van der Waals surface area contributed by atoms with Crippen LogP contribution in [-0.2, 0) is 4.79 Å². The summed E-state index contributed by atoms with van der Waals surface area (Å²) in [6.07, 6.45) is 0. The monoisotopic (exact) mass is 414 g/mol. The predicted molar refractivity (Wildman–Crippen MR) is 87.5 cm³/mol. The summed E-state index contributed by atoms with van der Waals surface area (Å²) in [5.41, 5.74) is 1.72. The highest BCUT2D eigenvalue weighted by Crippen LogP contribution is 2.28. The summed E-state index contributed by atoms with van der Waals surface area (Å²) in [6.45, 7) is 3.18. The lowest BCUT2D eigenvalue weighted by molar-refractivity contribution is -0.114. The zero-order valence-electron chi connectivity index (χ0n) is 11.3. The maximum atomic E-state index is 12.2. The lowest BCUT2D eigenvalue weighted by Gasteiger charge is -2.11. The van der Waals surface area contributed by atoms with E-state index in [2.05, 4.69) is 42.5 Å². The van der Waals surface area contributed by atoms with Crippen LogP contribution in [-0.4, -0.2) is 11.8 Å². The van der Waals surface area contributed by atoms with Crippen LogP contribution in [0.25, 0.3) is 0 Å². The Morgan fingerprint density at radius 2 is 1.81 bits per heavy atom. The number of benzene rings is 1. The van der Waals surface area contributed by atoms with E-state index in [0.29, 0.717) is 16.0 Å². The van der Waals surface area contributed by atoms with Crippen LogP contribution < -0.4 is 10.6 Å². The molecule has 0 spiro atoms. The average Bonchev–Trinajstić information content (AvgIpc) is 2.71. The number of carbonyl (C=O) groups is 2. The van der Waals surface area contributed by atoms with Crippen molar-refractivity contribution in [2.24, 2.45) is 0 Å². The van der Waals surface area contributed by atoms with Gasteiger partial charge in [-0.05, 0) is 47.1 Å². The molecule has 0 saturated heterocycles. The number of carbonyl (C=O) groups excluding carboxylic acids is 2. The van der Waals surface area contributed by atoms with E-state index in [0.717, 1.165) is 10.0 Å². The standard InChI is InChI=1S/C14H12Br2N2O3/c1-7-5-12(16)21-13(7)14(20)18-11-6-9(15)3-4-10(11)17-8(2)19/h3-6H,1-2H3,(H,17,19)(H,18,20). The summed E-state index contributed by atoms with van der Waals surface area (Å²) in [4.78, 5) is 23.4. The van der Waals surface area contributed by atoms with E-state index in [1.807, 2.05) is 0 Å². The zero-order valence-corrected chi connectivity index (χ0v) is 14.5. The van der Waals surface area contributed by atoms with Gasteiger partial charge < -0.3 is 15.1 Å². The predicted octanol–water partition coefficient (Wildman–Crippen LogP) is 4.32. The summed E-state index contributed by atoms with van der Waals surface area (Å²) in [5.74, 6) is -0.386. The van der Waals surface area contributed by atoms with Crippen LogP contribution in [0.1, 0.15) is 23.0 Å². The summed E-state index contributed by atoms with van der Waals surface area (Å²) in [5, 5.41) is 5.39. The molecule has 0 saturated carbocycles. The second-order valence-electron chi connectivity index (χ2n) is 4.39. The Hall–Kier alpha value is -1.60. The number of anilines is 2. The van der Waals surface area contributed by atoms with Gasteiger partial charge in [-0.25, -0.2) is 0 Å². The van der Waals surface area contributed by atoms with Crippen molar-refractivity contribution >= 4 is 55.0 Å². The summed E-state index contributed by atoms with van der Waals surface area (Å²) >= 11 is 6.52. The highest BCUT2D eigenvalue weighted by Gasteiger charge is 2.17. The SMILES string of the molecule is CC(=O)Nc1ccc(Br)cc1NC(=O)c1oc(Br)cc1C. The summed E-state index contributed by atoms with van der Waals surface area (Å²) < 4.78 is 6.57. The van der Waals surface area contributed by atoms with E-state index in [4.69, 9.17) is 4.42 Å². The van der Waals surface area contributed by atoms with Crippen molar-refractivity contribution < 1.29 is 14.0 Å². The van der Waals surface area contributed by atoms with Gasteiger partial charge in [-0.15, -0.1) is 0 Å². The van der Waals surface area contributed by atoms with Crippen LogP contribution in [0.2, 0.25) is 0 Å². The maximum absolute atomic E-state index is 12.2. The van der Waals surface area contributed by atoms with Crippen LogP contribution in [0.4, 0.5) is 11.4 Å². The third kappa shape index (κ3) is 3.95. The molecule has 0 atom stereocenters. The van der Waals surface area contributed by atoms with Gasteiger partial charge in [0.15, 0.2) is 10.4 Å². The van der Waals surface area contributed by atoms with Crippen LogP contribution in [0.15, 0.2) is 37.8 Å². The minimum atomic E-state index is -0.386. The summed E-state index contributed by atoms with van der Waals surface area (Å²) in [6, 6.07) is 6.89. The molecule has 2 N–H and O–H groups in total. The summed E-state index contributed by atoms with van der Waals surface area (Å²) in [7, 11) is 0. The fourth-order valence-corrected chi connectivity index (χ4v) is 2.63. The Morgan fingerprint density at radius 1 is 1.10 bits per heavy atom. The first-order chi connectivity index (χ1) is 9.86. The van der Waals surface area contributed by atoms with Crippen molar-refractivity contribution in [2.45, 2.75) is 13.8 Å². The van der Waals surface area contributed by atoms with Gasteiger partial charge in [0, 0.05) is 17.0 Å². The van der Waals surface area contributed by atoms with Gasteiger partial charge in [-0.3, -0.25) is 9.59 Å². The molecule has 0 unspecified atom stereocenters. The van der Waals surface area contributed by atoms with E-state index < -0.39 is 0 Å². The number of rotatable bonds is 3. The van der Waals surface area contributed by atoms with Gasteiger partial charge in [0.05, 0.1) is 11.4 Å². The normalized spacial score (nSPS) is 10.3. The molecule has 21 heavy (non-hydrogen) atoms. The lowest BCUT2D eigenvalue weighted by Crippen LogP contribution is -2.15. The van der Waals surface area contributed by atoms with Gasteiger partial charge in [0.2, 0.25) is 5.91 Å². The number of furan rings is 1. The van der Waals surface area contributed by atoms with Gasteiger partial charge in [0.1, 0.15) is 0 Å². The Labute approximate surface area is 138 Å². The molecule has 1 heterocycles. The van der Waals surface area contributed by atoms with E-state index in [1.54, 1.807) is 31.2 Å². The third-order valence-corrected chi connectivity index (χ3v) is 3.52. The number of hydrogen-bond acceptors (Lipinski definition) is 3. The third-order valence-electron chi connectivity index (χ3n) is 2.63. The van der Waals surface area contributed by atoms with Crippen molar-refractivity contribution in [2.75, 3.05) is 10.6 Å². The molecular formula is C14H12Br2N2O3. The van der Waals surface area contributed by atoms with Gasteiger partial charge >= 0.3 is 0 Å². The molecule has 0 radical (unpaired) electrons. The van der Waals surface area contributed by atoms with Crippen molar-refractivity contribution in [1.82, 2.24) is 0 Å². The minimum absolute atomic E-state index is 0.218. The molecule has 0 aliphatic heterocycles. The van der Waals surface area contributed by atoms with E-state index in [1.165, 1.54) is 6.92 Å². The highest BCUT2D eigenvalue weighted by atomic mass is 79.9. The Balaban J connectivity index is 2.30. The van der Waals surface area contributed by atoms with Gasteiger partial charge in [-0.2, -0.15) is 0 Å². The van der Waals surface area contributed by atoms with Crippen LogP contribution in [0.3, 0.4) is 0 Å². The molecule has 0 aliphatic carbocycles. The first-order valence-electron chi connectivity index (χ1n) is 6.01. The van der Waals surface area contributed by atoms with E-state index in [-0.39, 0.29) is 17.6 Å². The molecule has 2 aromatic rings. The number of aryl methyl sites for hydroxylation is 1. The molecule has 110 valence electrons. The molecule has 2 rings (SSSR count). The Bertz CT molecular complexity index is 710. The van der Waals surface area contributed by atoms with Crippen molar-refractivity contribution in [1.29, 1.82) is 0 Å². The fourth-order valence-electron chi connectivity index (χ4n) is 1.77. The molecule has 1 aromatic carbocycles. The van der Waals surface area contributed by atoms with Crippen molar-refractivity contribution in [3.05, 3.63) is 44.7 Å². The molecule has 5 nitrogen and oxygen atoms in total. The topological polar surface area (TPSA) is 71.3 Å². The molecule has 0 fully saturated rings. The van der Waals surface area contributed by atoms with Crippen LogP contribution in [0, 0.1) is 6.92 Å². The molecule has 0 aliphatic rings. The van der Waals surface area contributed by atoms with Gasteiger partial charge in [-0.1, -0.05) is 15.9 Å². The number of hydrogen-bond donors (Lipinski definition) is 2.